The molecule has 0 saturated heterocycles. The van der Waals surface area contributed by atoms with Gasteiger partial charge in [-0.3, -0.25) is 0 Å². The molecule has 0 unspecified atom stereocenters. The zero-order valence-corrected chi connectivity index (χ0v) is 28.6. The van der Waals surface area contributed by atoms with Crippen LogP contribution in [0.4, 0.5) is 0 Å². The number of thiophene rings is 1. The van der Waals surface area contributed by atoms with E-state index in [1.807, 2.05) is 35.6 Å². The molecule has 0 amide bonds. The minimum absolute atomic E-state index is 0.642. The second kappa shape index (κ2) is 11.4. The first-order valence-electron chi connectivity index (χ1n) is 17.4. The topological polar surface area (TPSA) is 51.8 Å². The van der Waals surface area contributed by atoms with Crippen LogP contribution in [-0.4, -0.2) is 15.0 Å². The van der Waals surface area contributed by atoms with Crippen molar-refractivity contribution in [3.63, 3.8) is 0 Å². The molecule has 3 aromatic heterocycles. The van der Waals surface area contributed by atoms with Crippen molar-refractivity contribution in [1.29, 1.82) is 0 Å². The molecule has 0 fully saturated rings. The Bertz CT molecular complexity index is 3200. The fourth-order valence-electron chi connectivity index (χ4n) is 7.66. The Hall–Kier alpha value is -6.69. The number of benzene rings is 8. The molecule has 11 aromatic rings. The smallest absolute Gasteiger partial charge is 0.164 e. The number of hydrogen-bond acceptors (Lipinski definition) is 5. The van der Waals surface area contributed by atoms with E-state index in [1.54, 1.807) is 0 Å². The van der Waals surface area contributed by atoms with E-state index in [4.69, 9.17) is 19.4 Å². The van der Waals surface area contributed by atoms with Gasteiger partial charge in [-0.25, -0.2) is 15.0 Å². The van der Waals surface area contributed by atoms with Crippen LogP contribution < -0.4 is 0 Å². The average Bonchev–Trinajstić information content (AvgIpc) is 3.79. The van der Waals surface area contributed by atoms with E-state index < -0.39 is 0 Å². The van der Waals surface area contributed by atoms with Gasteiger partial charge in [0.05, 0.1) is 0 Å². The van der Waals surface area contributed by atoms with Crippen LogP contribution in [0.5, 0.6) is 0 Å². The summed E-state index contributed by atoms with van der Waals surface area (Å²) in [7, 11) is 0. The van der Waals surface area contributed by atoms with Crippen LogP contribution in [0.2, 0.25) is 0 Å². The lowest BCUT2D eigenvalue weighted by atomic mass is 9.92. The fraction of sp³-hybridized carbons (Fsp3) is 0. The normalized spacial score (nSPS) is 11.8. The van der Waals surface area contributed by atoms with Crippen LogP contribution in [0.1, 0.15) is 0 Å². The third-order valence-corrected chi connectivity index (χ3v) is 11.3. The maximum atomic E-state index is 6.59. The standard InChI is InChI=1S/C47H27N3OS/c1-2-13-29(14-3-1)45-48-46(31-23-22-28-12-4-5-15-30(28)26-31)50-47(49-45)36-25-24-34(32-16-6-7-17-33(32)36)39-27-38-35-18-8-10-20-40(35)51-43(38)42-37-19-9-11-21-41(37)52-44(39)42/h1-27H. The van der Waals surface area contributed by atoms with Gasteiger partial charge in [0, 0.05) is 53.2 Å². The molecule has 3 heterocycles. The lowest BCUT2D eigenvalue weighted by molar-refractivity contribution is 0.673. The highest BCUT2D eigenvalue weighted by Gasteiger charge is 2.22. The van der Waals surface area contributed by atoms with Crippen LogP contribution in [0, 0.1) is 0 Å². The maximum Gasteiger partial charge on any atom is 0.164 e. The first-order valence-corrected chi connectivity index (χ1v) is 18.2. The van der Waals surface area contributed by atoms with Crippen molar-refractivity contribution >= 4 is 75.0 Å². The molecule has 0 aliphatic rings. The Morgan fingerprint density at radius 2 is 1.04 bits per heavy atom. The van der Waals surface area contributed by atoms with Crippen LogP contribution >= 0.6 is 11.3 Å². The molecule has 0 aliphatic heterocycles. The lowest BCUT2D eigenvalue weighted by Crippen LogP contribution is -2.00. The second-order valence-electron chi connectivity index (χ2n) is 13.1. The molecule has 0 N–H and O–H groups in total. The van der Waals surface area contributed by atoms with E-state index in [2.05, 4.69) is 140 Å². The minimum atomic E-state index is 0.642. The number of para-hydroxylation sites is 1. The van der Waals surface area contributed by atoms with E-state index in [1.165, 1.54) is 31.1 Å². The van der Waals surface area contributed by atoms with Crippen LogP contribution in [0.25, 0.3) is 109 Å². The van der Waals surface area contributed by atoms with Gasteiger partial charge >= 0.3 is 0 Å². The van der Waals surface area contributed by atoms with E-state index in [9.17, 15) is 0 Å². The molecule has 5 heteroatoms. The Morgan fingerprint density at radius 3 is 1.88 bits per heavy atom. The largest absolute Gasteiger partial charge is 0.455 e. The molecule has 0 aliphatic carbocycles. The van der Waals surface area contributed by atoms with E-state index >= 15 is 0 Å². The summed E-state index contributed by atoms with van der Waals surface area (Å²) < 4.78 is 9.05. The Balaban J connectivity index is 1.17. The molecule has 0 bridgehead atoms. The lowest BCUT2D eigenvalue weighted by Gasteiger charge is -2.14. The van der Waals surface area contributed by atoms with Gasteiger partial charge in [0.25, 0.3) is 0 Å². The summed E-state index contributed by atoms with van der Waals surface area (Å²) in [5.74, 6) is 1.93. The highest BCUT2D eigenvalue weighted by molar-refractivity contribution is 7.26. The summed E-state index contributed by atoms with van der Waals surface area (Å²) in [5.41, 5.74) is 7.06. The summed E-state index contributed by atoms with van der Waals surface area (Å²) in [6.45, 7) is 0. The third kappa shape index (κ3) is 4.50. The van der Waals surface area contributed by atoms with Gasteiger partial charge in [-0.05, 0) is 57.4 Å². The molecule has 0 atom stereocenters. The van der Waals surface area contributed by atoms with E-state index in [0.29, 0.717) is 17.5 Å². The van der Waals surface area contributed by atoms with Gasteiger partial charge < -0.3 is 4.42 Å². The van der Waals surface area contributed by atoms with Crippen molar-refractivity contribution in [2.24, 2.45) is 0 Å². The van der Waals surface area contributed by atoms with Gasteiger partial charge in [-0.15, -0.1) is 11.3 Å². The summed E-state index contributed by atoms with van der Waals surface area (Å²) in [6.07, 6.45) is 0. The van der Waals surface area contributed by atoms with Crippen molar-refractivity contribution in [1.82, 2.24) is 15.0 Å². The molecule has 242 valence electrons. The quantitative estimate of drug-likeness (QED) is 0.185. The fourth-order valence-corrected chi connectivity index (χ4v) is 8.89. The molecule has 0 spiro atoms. The molecule has 0 saturated carbocycles. The summed E-state index contributed by atoms with van der Waals surface area (Å²) >= 11 is 1.82. The zero-order valence-electron chi connectivity index (χ0n) is 27.7. The zero-order chi connectivity index (χ0) is 34.2. The van der Waals surface area contributed by atoms with Gasteiger partial charge in [0.15, 0.2) is 17.5 Å². The molecule has 52 heavy (non-hydrogen) atoms. The first kappa shape index (κ1) is 29.1. The number of fused-ring (bicyclic) bond motifs is 9. The van der Waals surface area contributed by atoms with E-state index in [0.717, 1.165) is 60.4 Å². The Kier molecular flexibility index (Phi) is 6.39. The number of rotatable bonds is 4. The van der Waals surface area contributed by atoms with E-state index in [-0.39, 0.29) is 0 Å². The van der Waals surface area contributed by atoms with Gasteiger partial charge in [-0.2, -0.15) is 0 Å². The Morgan fingerprint density at radius 1 is 0.404 bits per heavy atom. The molecule has 0 radical (unpaired) electrons. The van der Waals surface area contributed by atoms with Crippen LogP contribution in [0.3, 0.4) is 0 Å². The minimum Gasteiger partial charge on any atom is -0.455 e. The second-order valence-corrected chi connectivity index (χ2v) is 14.2. The Labute approximate surface area is 302 Å². The van der Waals surface area contributed by atoms with Crippen LogP contribution in [-0.2, 0) is 0 Å². The molecular weight excluding hydrogens is 655 g/mol. The van der Waals surface area contributed by atoms with Gasteiger partial charge in [0.1, 0.15) is 11.2 Å². The predicted octanol–water partition coefficient (Wildman–Crippen LogP) is 13.1. The number of furan rings is 1. The average molecular weight is 682 g/mol. The summed E-state index contributed by atoms with van der Waals surface area (Å²) in [6, 6.07) is 57.3. The molecule has 4 nitrogen and oxygen atoms in total. The SMILES string of the molecule is c1ccc(-c2nc(-c3ccc4ccccc4c3)nc(-c3ccc(-c4cc5c6ccccc6oc5c5c4sc4ccccc45)c4ccccc34)n2)cc1. The first-order chi connectivity index (χ1) is 25.8. The van der Waals surface area contributed by atoms with Crippen molar-refractivity contribution in [2.75, 3.05) is 0 Å². The van der Waals surface area contributed by atoms with Gasteiger partial charge in [-0.1, -0.05) is 133 Å². The third-order valence-electron chi connectivity index (χ3n) is 10.1. The van der Waals surface area contributed by atoms with Crippen LogP contribution in [0.15, 0.2) is 168 Å². The maximum absolute atomic E-state index is 6.59. The van der Waals surface area contributed by atoms with Crippen molar-refractivity contribution in [3.05, 3.63) is 164 Å². The van der Waals surface area contributed by atoms with Crippen molar-refractivity contribution in [2.45, 2.75) is 0 Å². The predicted molar refractivity (Wildman–Crippen MR) is 217 cm³/mol. The van der Waals surface area contributed by atoms with Crippen molar-refractivity contribution < 1.29 is 4.42 Å². The molecule has 8 aromatic carbocycles. The van der Waals surface area contributed by atoms with Crippen molar-refractivity contribution in [3.8, 4) is 45.3 Å². The number of aromatic nitrogens is 3. The number of nitrogens with zero attached hydrogens (tertiary/aromatic N) is 3. The summed E-state index contributed by atoms with van der Waals surface area (Å²) in [5, 5.41) is 9.18. The monoisotopic (exact) mass is 681 g/mol. The highest BCUT2D eigenvalue weighted by Crippen LogP contribution is 2.48. The summed E-state index contributed by atoms with van der Waals surface area (Å²) in [4.78, 5) is 15.3. The highest BCUT2D eigenvalue weighted by atomic mass is 32.1. The molecule has 11 rings (SSSR count). The number of hydrogen-bond donors (Lipinski definition) is 0. The molecular formula is C47H27N3OS. The van der Waals surface area contributed by atoms with Gasteiger partial charge in [0.2, 0.25) is 0 Å².